The number of rotatable bonds is 4. The highest BCUT2D eigenvalue weighted by Crippen LogP contribution is 2.36. The fourth-order valence-electron chi connectivity index (χ4n) is 3.92. The van der Waals surface area contributed by atoms with Crippen LogP contribution < -0.4 is 0 Å². The number of aliphatic hydroxyl groups excluding tert-OH is 8. The Balaban J connectivity index is 1.70. The number of nitrogens with zero attached hydrogens (tertiary/aromatic N) is 1. The van der Waals surface area contributed by atoms with Crippen molar-refractivity contribution in [2.45, 2.75) is 67.2 Å². The molecule has 0 aromatic heterocycles. The van der Waals surface area contributed by atoms with Gasteiger partial charge in [-0.05, 0) is 0 Å². The fraction of sp³-hybridized carbons (Fsp3) is 1.00. The first-order valence-electron chi connectivity index (χ1n) is 8.18. The van der Waals surface area contributed by atoms with Crippen LogP contribution in [0.3, 0.4) is 0 Å². The highest BCUT2D eigenvalue weighted by Gasteiger charge is 2.58. The topological polar surface area (TPSA) is 184 Å². The summed E-state index contributed by atoms with van der Waals surface area (Å²) in [4.78, 5) is 1.52. The van der Waals surface area contributed by atoms with Gasteiger partial charge in [0, 0.05) is 6.54 Å². The summed E-state index contributed by atoms with van der Waals surface area (Å²) in [6.45, 7) is -0.987. The molecule has 0 amide bonds. The van der Waals surface area contributed by atoms with E-state index in [1.807, 2.05) is 0 Å². The molecular weight excluding hydrogens is 342 g/mol. The van der Waals surface area contributed by atoms with Crippen LogP contribution in [0.25, 0.3) is 0 Å². The Morgan fingerprint density at radius 1 is 0.800 bits per heavy atom. The van der Waals surface area contributed by atoms with Gasteiger partial charge in [-0.3, -0.25) is 4.90 Å². The van der Waals surface area contributed by atoms with E-state index in [2.05, 4.69) is 0 Å². The number of hydrogen-bond donors (Lipinski definition) is 8. The first kappa shape index (κ1) is 19.3. The van der Waals surface area contributed by atoms with Crippen LogP contribution in [-0.2, 0) is 9.47 Å². The second-order valence-electron chi connectivity index (χ2n) is 6.78. The van der Waals surface area contributed by atoms with Crippen LogP contribution in [0.2, 0.25) is 0 Å². The number of ether oxygens (including phenoxy) is 2. The highest BCUT2D eigenvalue weighted by molar-refractivity contribution is 5.10. The van der Waals surface area contributed by atoms with Crippen molar-refractivity contribution in [1.29, 1.82) is 0 Å². The molecule has 0 aliphatic carbocycles. The Morgan fingerprint density at radius 2 is 1.48 bits per heavy atom. The molecule has 11 heteroatoms. The normalized spacial score (nSPS) is 54.0. The minimum Gasteiger partial charge on any atom is -0.395 e. The molecule has 3 saturated heterocycles. The van der Waals surface area contributed by atoms with Gasteiger partial charge in [0.05, 0.1) is 43.6 Å². The third-order valence-electron chi connectivity index (χ3n) is 5.37. The molecule has 0 spiro atoms. The highest BCUT2D eigenvalue weighted by atomic mass is 16.7. The Bertz CT molecular complexity index is 467. The summed E-state index contributed by atoms with van der Waals surface area (Å²) in [6, 6.07) is -1.62. The van der Waals surface area contributed by atoms with Crippen molar-refractivity contribution < 1.29 is 50.3 Å². The van der Waals surface area contributed by atoms with Crippen molar-refractivity contribution in [3.8, 4) is 0 Å². The summed E-state index contributed by atoms with van der Waals surface area (Å²) in [5.74, 6) is 0. The Hall–Kier alpha value is -0.440. The van der Waals surface area contributed by atoms with Crippen LogP contribution in [0, 0.1) is 0 Å². The summed E-state index contributed by atoms with van der Waals surface area (Å²) in [5, 5.41) is 78.5. The summed E-state index contributed by atoms with van der Waals surface area (Å²) < 4.78 is 10.8. The van der Waals surface area contributed by atoms with Crippen LogP contribution >= 0.6 is 0 Å². The van der Waals surface area contributed by atoms with E-state index < -0.39 is 80.4 Å². The zero-order valence-electron chi connectivity index (χ0n) is 13.3. The van der Waals surface area contributed by atoms with Gasteiger partial charge < -0.3 is 50.3 Å². The average Bonchev–Trinajstić information content (AvgIpc) is 3.03. The summed E-state index contributed by atoms with van der Waals surface area (Å²) in [6.07, 6.45) is -12.0. The van der Waals surface area contributed by atoms with Gasteiger partial charge in [0.1, 0.15) is 30.5 Å². The maximum atomic E-state index is 10.4. The van der Waals surface area contributed by atoms with Crippen molar-refractivity contribution in [2.75, 3.05) is 19.8 Å². The van der Waals surface area contributed by atoms with Gasteiger partial charge in [-0.2, -0.15) is 0 Å². The van der Waals surface area contributed by atoms with E-state index >= 15 is 0 Å². The van der Waals surface area contributed by atoms with E-state index in [0.717, 1.165) is 0 Å². The third-order valence-corrected chi connectivity index (χ3v) is 5.37. The standard InChI is InChI=1S/C14H25NO10/c16-2-4-8(18)11(21)7-9(19)5(1-15(4)7)24-14-13(23)12(22)10(20)6(3-17)25-14/h4-14,16-23H,1-3H2/t4-,5+,6?,7-,8-,9+,10-,11-,12?,13+,14-/m1/s1. The monoisotopic (exact) mass is 367 g/mol. The molecule has 0 bridgehead atoms. The second kappa shape index (κ2) is 7.29. The molecule has 3 aliphatic rings. The minimum atomic E-state index is -1.61. The van der Waals surface area contributed by atoms with E-state index in [1.165, 1.54) is 4.90 Å². The lowest BCUT2D eigenvalue weighted by Gasteiger charge is -2.40. The van der Waals surface area contributed by atoms with Crippen LogP contribution in [0.5, 0.6) is 0 Å². The molecule has 0 aromatic rings. The molecule has 3 heterocycles. The van der Waals surface area contributed by atoms with Crippen molar-refractivity contribution >= 4 is 0 Å². The second-order valence-corrected chi connectivity index (χ2v) is 6.78. The number of hydrogen-bond acceptors (Lipinski definition) is 11. The van der Waals surface area contributed by atoms with Crippen molar-refractivity contribution in [3.63, 3.8) is 0 Å². The molecule has 2 unspecified atom stereocenters. The van der Waals surface area contributed by atoms with Crippen LogP contribution in [-0.4, -0.2) is 133 Å². The van der Waals surface area contributed by atoms with E-state index in [1.54, 1.807) is 0 Å². The molecular formula is C14H25NO10. The average molecular weight is 367 g/mol. The van der Waals surface area contributed by atoms with E-state index in [-0.39, 0.29) is 6.54 Å². The van der Waals surface area contributed by atoms with Gasteiger partial charge in [-0.25, -0.2) is 0 Å². The first-order valence-corrected chi connectivity index (χ1v) is 8.18. The Morgan fingerprint density at radius 3 is 2.08 bits per heavy atom. The van der Waals surface area contributed by atoms with Gasteiger partial charge in [0.15, 0.2) is 6.29 Å². The smallest absolute Gasteiger partial charge is 0.187 e. The molecule has 25 heavy (non-hydrogen) atoms. The molecule has 3 aliphatic heterocycles. The maximum absolute atomic E-state index is 10.4. The molecule has 0 aromatic carbocycles. The van der Waals surface area contributed by atoms with Gasteiger partial charge in [-0.1, -0.05) is 0 Å². The van der Waals surface area contributed by atoms with Gasteiger partial charge in [0.2, 0.25) is 0 Å². The van der Waals surface area contributed by atoms with Crippen LogP contribution in [0.15, 0.2) is 0 Å². The molecule has 0 radical (unpaired) electrons. The zero-order chi connectivity index (χ0) is 18.5. The molecule has 3 fully saturated rings. The molecule has 0 saturated carbocycles. The zero-order valence-corrected chi connectivity index (χ0v) is 13.3. The van der Waals surface area contributed by atoms with Crippen LogP contribution in [0.4, 0.5) is 0 Å². The maximum Gasteiger partial charge on any atom is 0.187 e. The van der Waals surface area contributed by atoms with Crippen molar-refractivity contribution in [1.82, 2.24) is 4.90 Å². The SMILES string of the molecule is OCC1O[C@@H](O[C@H]2CN3[C@H]([C@H]2O)[C@@H](O)[C@H](O)[C@H]3CO)[C@@H](O)C(O)[C@@H]1O. The summed E-state index contributed by atoms with van der Waals surface area (Å²) in [5.41, 5.74) is 0. The lowest BCUT2D eigenvalue weighted by Crippen LogP contribution is -2.60. The van der Waals surface area contributed by atoms with Gasteiger partial charge in [0.25, 0.3) is 0 Å². The molecule has 3 rings (SSSR count). The van der Waals surface area contributed by atoms with Crippen molar-refractivity contribution in [2.24, 2.45) is 0 Å². The molecule has 11 nitrogen and oxygen atoms in total. The lowest BCUT2D eigenvalue weighted by molar-refractivity contribution is -0.314. The molecule has 11 atom stereocenters. The summed E-state index contributed by atoms with van der Waals surface area (Å²) >= 11 is 0. The van der Waals surface area contributed by atoms with Crippen LogP contribution in [0.1, 0.15) is 0 Å². The van der Waals surface area contributed by atoms with Crippen molar-refractivity contribution in [3.05, 3.63) is 0 Å². The molecule has 8 N–H and O–H groups in total. The summed E-state index contributed by atoms with van der Waals surface area (Å²) in [7, 11) is 0. The van der Waals surface area contributed by atoms with E-state index in [9.17, 15) is 40.9 Å². The first-order chi connectivity index (χ1) is 11.8. The third kappa shape index (κ3) is 3.09. The predicted octanol–water partition coefficient (Wildman–Crippen LogP) is -5.69. The Labute approximate surface area is 143 Å². The van der Waals surface area contributed by atoms with E-state index in [4.69, 9.17) is 9.47 Å². The lowest BCUT2D eigenvalue weighted by atomic mass is 9.99. The van der Waals surface area contributed by atoms with Gasteiger partial charge in [-0.15, -0.1) is 0 Å². The number of fused-ring (bicyclic) bond motifs is 1. The molecule has 146 valence electrons. The van der Waals surface area contributed by atoms with Gasteiger partial charge >= 0.3 is 0 Å². The largest absolute Gasteiger partial charge is 0.395 e. The van der Waals surface area contributed by atoms with E-state index in [0.29, 0.717) is 0 Å². The number of aliphatic hydroxyl groups is 8. The quantitative estimate of drug-likeness (QED) is 0.237. The predicted molar refractivity (Wildman–Crippen MR) is 78.0 cm³/mol. The minimum absolute atomic E-state index is 0.0419. The fourth-order valence-corrected chi connectivity index (χ4v) is 3.92. The Kier molecular flexibility index (Phi) is 5.63.